The number of methoxy groups -OCH3 is 1. The van der Waals surface area contributed by atoms with Crippen LogP contribution in [-0.4, -0.2) is 18.0 Å². The molecule has 2 aromatic carbocycles. The van der Waals surface area contributed by atoms with E-state index >= 15 is 0 Å². The molecule has 28 heavy (non-hydrogen) atoms. The van der Waals surface area contributed by atoms with Crippen LogP contribution in [0.2, 0.25) is 0 Å². The van der Waals surface area contributed by atoms with Gasteiger partial charge in [0.15, 0.2) is 17.1 Å². The van der Waals surface area contributed by atoms with Crippen molar-refractivity contribution in [3.63, 3.8) is 0 Å². The first-order valence-corrected chi connectivity index (χ1v) is 8.75. The number of rotatable bonds is 6. The number of furan rings is 1. The Labute approximate surface area is 161 Å². The molecule has 0 aliphatic rings. The highest BCUT2D eigenvalue weighted by molar-refractivity contribution is 5.97. The maximum absolute atomic E-state index is 12.5. The monoisotopic (exact) mass is 374 g/mol. The lowest BCUT2D eigenvalue weighted by Crippen LogP contribution is -2.22. The smallest absolute Gasteiger partial charge is 0.287 e. The minimum absolute atomic E-state index is 0.236. The first kappa shape index (κ1) is 17.6. The molecule has 0 aliphatic heterocycles. The van der Waals surface area contributed by atoms with Crippen LogP contribution < -0.4 is 14.8 Å². The summed E-state index contributed by atoms with van der Waals surface area (Å²) in [5, 5.41) is 3.68. The van der Waals surface area contributed by atoms with Crippen molar-refractivity contribution in [2.75, 3.05) is 7.11 Å². The molecule has 0 radical (unpaired) electrons. The van der Waals surface area contributed by atoms with Gasteiger partial charge in [0, 0.05) is 24.2 Å². The van der Waals surface area contributed by atoms with Crippen LogP contribution in [0.25, 0.3) is 11.0 Å². The van der Waals surface area contributed by atoms with Gasteiger partial charge in [0.05, 0.1) is 7.11 Å². The number of carbonyl (C=O) groups is 1. The van der Waals surface area contributed by atoms with Crippen molar-refractivity contribution in [3.8, 4) is 17.4 Å². The van der Waals surface area contributed by atoms with Crippen molar-refractivity contribution < 1.29 is 18.7 Å². The van der Waals surface area contributed by atoms with E-state index in [-0.39, 0.29) is 11.7 Å². The summed E-state index contributed by atoms with van der Waals surface area (Å²) in [6.45, 7) is 0.340. The highest BCUT2D eigenvalue weighted by Crippen LogP contribution is 2.28. The molecule has 2 heterocycles. The number of nitrogens with zero attached hydrogens (tertiary/aromatic N) is 1. The van der Waals surface area contributed by atoms with E-state index < -0.39 is 0 Å². The zero-order chi connectivity index (χ0) is 19.3. The Hall–Kier alpha value is -3.80. The fourth-order valence-electron chi connectivity index (χ4n) is 2.83. The molecule has 0 fully saturated rings. The maximum Gasteiger partial charge on any atom is 0.287 e. The van der Waals surface area contributed by atoms with Crippen LogP contribution in [0.4, 0.5) is 0 Å². The van der Waals surface area contributed by atoms with Crippen LogP contribution in [0.15, 0.2) is 77.3 Å². The Morgan fingerprint density at radius 1 is 1.07 bits per heavy atom. The first-order chi connectivity index (χ1) is 13.7. The van der Waals surface area contributed by atoms with Gasteiger partial charge in [0.25, 0.3) is 5.91 Å². The number of benzene rings is 2. The van der Waals surface area contributed by atoms with E-state index in [0.717, 1.165) is 10.9 Å². The summed E-state index contributed by atoms with van der Waals surface area (Å²) in [4.78, 5) is 16.6. The van der Waals surface area contributed by atoms with Crippen molar-refractivity contribution >= 4 is 16.9 Å². The number of nitrogens with one attached hydrogen (secondary N) is 1. The summed E-state index contributed by atoms with van der Waals surface area (Å²) in [6, 6.07) is 20.2. The van der Waals surface area contributed by atoms with E-state index in [1.165, 1.54) is 0 Å². The fourth-order valence-corrected chi connectivity index (χ4v) is 2.83. The molecular weight excluding hydrogens is 356 g/mol. The van der Waals surface area contributed by atoms with Crippen LogP contribution in [0.5, 0.6) is 17.4 Å². The van der Waals surface area contributed by atoms with Crippen molar-refractivity contribution in [1.82, 2.24) is 10.3 Å². The highest BCUT2D eigenvalue weighted by Gasteiger charge is 2.14. The number of fused-ring (bicyclic) bond motifs is 1. The molecule has 4 aromatic rings. The Bertz CT molecular complexity index is 1110. The quantitative estimate of drug-likeness (QED) is 0.536. The number of pyridine rings is 1. The topological polar surface area (TPSA) is 73.6 Å². The maximum atomic E-state index is 12.5. The first-order valence-electron chi connectivity index (χ1n) is 8.75. The summed E-state index contributed by atoms with van der Waals surface area (Å²) < 4.78 is 16.7. The Balaban J connectivity index is 1.44. The van der Waals surface area contributed by atoms with E-state index in [1.807, 2.05) is 48.5 Å². The molecular formula is C22H18N2O4. The van der Waals surface area contributed by atoms with Crippen molar-refractivity contribution in [1.29, 1.82) is 0 Å². The van der Waals surface area contributed by atoms with Gasteiger partial charge in [-0.2, -0.15) is 0 Å². The molecule has 1 amide bonds. The lowest BCUT2D eigenvalue weighted by Gasteiger charge is -2.07. The van der Waals surface area contributed by atoms with E-state index in [1.54, 1.807) is 31.5 Å². The Morgan fingerprint density at radius 3 is 2.79 bits per heavy atom. The number of hydrogen-bond donors (Lipinski definition) is 1. The van der Waals surface area contributed by atoms with Crippen LogP contribution in [0.1, 0.15) is 16.1 Å². The van der Waals surface area contributed by atoms with Gasteiger partial charge in [-0.1, -0.05) is 30.3 Å². The molecule has 6 nitrogen and oxygen atoms in total. The summed E-state index contributed by atoms with van der Waals surface area (Å²) in [7, 11) is 1.57. The van der Waals surface area contributed by atoms with Crippen LogP contribution in [-0.2, 0) is 6.54 Å². The molecule has 0 bridgehead atoms. The number of ether oxygens (including phenoxy) is 2. The third-order valence-corrected chi connectivity index (χ3v) is 4.16. The number of hydrogen-bond acceptors (Lipinski definition) is 5. The summed E-state index contributed by atoms with van der Waals surface area (Å²) >= 11 is 0. The van der Waals surface area contributed by atoms with Crippen LogP contribution in [0.3, 0.4) is 0 Å². The average Bonchev–Trinajstić information content (AvgIpc) is 3.17. The molecule has 4 rings (SSSR count). The zero-order valence-corrected chi connectivity index (χ0v) is 15.2. The molecule has 0 saturated carbocycles. The van der Waals surface area contributed by atoms with E-state index in [4.69, 9.17) is 13.9 Å². The molecule has 0 spiro atoms. The second kappa shape index (κ2) is 7.84. The van der Waals surface area contributed by atoms with Gasteiger partial charge in [-0.3, -0.25) is 4.79 Å². The minimum atomic E-state index is -0.297. The van der Waals surface area contributed by atoms with Gasteiger partial charge < -0.3 is 19.2 Å². The van der Waals surface area contributed by atoms with Crippen LogP contribution >= 0.6 is 0 Å². The van der Waals surface area contributed by atoms with Crippen molar-refractivity contribution in [2.45, 2.75) is 6.54 Å². The molecule has 0 atom stereocenters. The second-order valence-corrected chi connectivity index (χ2v) is 6.09. The molecule has 6 heteroatoms. The third kappa shape index (κ3) is 3.81. The van der Waals surface area contributed by atoms with Gasteiger partial charge in [-0.15, -0.1) is 0 Å². The van der Waals surface area contributed by atoms with E-state index in [2.05, 4.69) is 10.3 Å². The van der Waals surface area contributed by atoms with E-state index in [9.17, 15) is 4.79 Å². The third-order valence-electron chi connectivity index (χ3n) is 4.16. The van der Waals surface area contributed by atoms with Gasteiger partial charge in [0.1, 0.15) is 5.75 Å². The lowest BCUT2D eigenvalue weighted by atomic mass is 10.2. The largest absolute Gasteiger partial charge is 0.493 e. The molecule has 140 valence electrons. The SMILES string of the molecule is COc1cccc2cc(C(=O)NCc3cccc(Oc4ccccn4)c3)oc12. The van der Waals surface area contributed by atoms with Crippen molar-refractivity contribution in [3.05, 3.63) is 84.3 Å². The minimum Gasteiger partial charge on any atom is -0.493 e. The van der Waals surface area contributed by atoms with Gasteiger partial charge in [0.2, 0.25) is 5.88 Å². The predicted molar refractivity (Wildman–Crippen MR) is 105 cm³/mol. The number of aromatic nitrogens is 1. The number of amides is 1. The lowest BCUT2D eigenvalue weighted by molar-refractivity contribution is 0.0925. The molecule has 0 aliphatic carbocycles. The van der Waals surface area contributed by atoms with Gasteiger partial charge in [-0.25, -0.2) is 4.98 Å². The molecule has 1 N–H and O–H groups in total. The average molecular weight is 374 g/mol. The Kier molecular flexibility index (Phi) is 4.93. The summed E-state index contributed by atoms with van der Waals surface area (Å²) in [5.41, 5.74) is 1.45. The zero-order valence-electron chi connectivity index (χ0n) is 15.2. The Morgan fingerprint density at radius 2 is 1.96 bits per heavy atom. The van der Waals surface area contributed by atoms with Gasteiger partial charge >= 0.3 is 0 Å². The number of carbonyl (C=O) groups excluding carboxylic acids is 1. The standard InChI is InChI=1S/C22H18N2O4/c1-26-18-9-5-7-16-13-19(28-21(16)18)22(25)24-14-15-6-4-8-17(12-15)27-20-10-2-3-11-23-20/h2-13H,14H2,1H3,(H,24,25). The summed E-state index contributed by atoms with van der Waals surface area (Å²) in [6.07, 6.45) is 1.67. The molecule has 2 aromatic heterocycles. The van der Waals surface area contributed by atoms with Gasteiger partial charge in [-0.05, 0) is 35.9 Å². The summed E-state index contributed by atoms with van der Waals surface area (Å²) in [5.74, 6) is 1.70. The fraction of sp³-hybridized carbons (Fsp3) is 0.0909. The molecule has 0 unspecified atom stereocenters. The van der Waals surface area contributed by atoms with Crippen LogP contribution in [0, 0.1) is 0 Å². The van der Waals surface area contributed by atoms with E-state index in [0.29, 0.717) is 29.5 Å². The normalized spacial score (nSPS) is 10.6. The van der Waals surface area contributed by atoms with Crippen molar-refractivity contribution in [2.24, 2.45) is 0 Å². The predicted octanol–water partition coefficient (Wildman–Crippen LogP) is 4.56. The molecule has 0 saturated heterocycles. The highest BCUT2D eigenvalue weighted by atomic mass is 16.5. The second-order valence-electron chi connectivity index (χ2n) is 6.09. The number of para-hydroxylation sites is 1.